The Kier molecular flexibility index (Phi) is 5.35. The van der Waals surface area contributed by atoms with E-state index in [0.717, 1.165) is 5.56 Å². The fraction of sp³-hybridized carbons (Fsp3) is 0.364. The van der Waals surface area contributed by atoms with E-state index >= 15 is 0 Å². The molecule has 17 heavy (non-hydrogen) atoms. The molecule has 0 unspecified atom stereocenters. The zero-order valence-corrected chi connectivity index (χ0v) is 9.16. The van der Waals surface area contributed by atoms with Gasteiger partial charge in [0.1, 0.15) is 5.75 Å². The highest BCUT2D eigenvalue weighted by molar-refractivity contribution is 5.77. The molecule has 1 aromatic carbocycles. The number of rotatable bonds is 6. The van der Waals surface area contributed by atoms with Crippen molar-refractivity contribution in [3.63, 3.8) is 0 Å². The Labute approximate surface area is 97.8 Å². The molecule has 0 heterocycles. The van der Waals surface area contributed by atoms with Crippen molar-refractivity contribution in [2.45, 2.75) is 13.0 Å². The highest BCUT2D eigenvalue weighted by atomic mass is 19.3. The van der Waals surface area contributed by atoms with Crippen LogP contribution >= 0.6 is 0 Å². The molecule has 1 amide bonds. The minimum Gasteiger partial charge on any atom is -0.484 e. The van der Waals surface area contributed by atoms with Crippen molar-refractivity contribution in [2.24, 2.45) is 5.73 Å². The molecular formula is C11H14F2N2O2. The van der Waals surface area contributed by atoms with Gasteiger partial charge in [-0.2, -0.15) is 0 Å². The molecule has 0 aliphatic carbocycles. The van der Waals surface area contributed by atoms with Crippen LogP contribution in [0.5, 0.6) is 5.75 Å². The Bertz CT molecular complexity index is 355. The molecule has 1 rings (SSSR count). The first-order chi connectivity index (χ1) is 8.11. The lowest BCUT2D eigenvalue weighted by molar-refractivity contribution is -0.123. The summed E-state index contributed by atoms with van der Waals surface area (Å²) in [6.07, 6.45) is -2.55. The standard InChI is InChI=1S/C11H14F2N2O2/c12-10(13)6-15-11(16)7-17-9-3-1-8(5-14)2-4-9/h1-4,10H,5-7,14H2,(H,15,16). The average Bonchev–Trinajstić information content (AvgIpc) is 2.34. The molecule has 6 heteroatoms. The average molecular weight is 244 g/mol. The molecule has 0 saturated heterocycles. The van der Waals surface area contributed by atoms with Crippen molar-refractivity contribution in [1.29, 1.82) is 0 Å². The molecule has 0 saturated carbocycles. The van der Waals surface area contributed by atoms with Crippen LogP contribution in [0.25, 0.3) is 0 Å². The molecule has 4 nitrogen and oxygen atoms in total. The summed E-state index contributed by atoms with van der Waals surface area (Å²) in [5.74, 6) is -0.0809. The van der Waals surface area contributed by atoms with Gasteiger partial charge in [0.05, 0.1) is 6.54 Å². The minimum atomic E-state index is -2.55. The SMILES string of the molecule is NCc1ccc(OCC(=O)NCC(F)F)cc1. The van der Waals surface area contributed by atoms with Gasteiger partial charge in [0.15, 0.2) is 6.61 Å². The topological polar surface area (TPSA) is 64.3 Å². The van der Waals surface area contributed by atoms with Crippen molar-refractivity contribution < 1.29 is 18.3 Å². The van der Waals surface area contributed by atoms with Crippen molar-refractivity contribution >= 4 is 5.91 Å². The number of amides is 1. The van der Waals surface area contributed by atoms with Gasteiger partial charge in [0, 0.05) is 6.54 Å². The summed E-state index contributed by atoms with van der Waals surface area (Å²) in [7, 11) is 0. The molecule has 1 aromatic rings. The van der Waals surface area contributed by atoms with Gasteiger partial charge in [-0.05, 0) is 17.7 Å². The van der Waals surface area contributed by atoms with Crippen LogP contribution in [-0.2, 0) is 11.3 Å². The summed E-state index contributed by atoms with van der Waals surface area (Å²) in [5.41, 5.74) is 6.36. The predicted molar refractivity (Wildman–Crippen MR) is 58.8 cm³/mol. The third-order valence-electron chi connectivity index (χ3n) is 1.98. The molecule has 0 atom stereocenters. The Hall–Kier alpha value is -1.69. The smallest absolute Gasteiger partial charge is 0.258 e. The van der Waals surface area contributed by atoms with Crippen molar-refractivity contribution in [2.75, 3.05) is 13.2 Å². The second kappa shape index (κ2) is 6.80. The van der Waals surface area contributed by atoms with Gasteiger partial charge in [-0.1, -0.05) is 12.1 Å². The number of benzene rings is 1. The van der Waals surface area contributed by atoms with E-state index in [1.54, 1.807) is 24.3 Å². The largest absolute Gasteiger partial charge is 0.484 e. The zero-order valence-electron chi connectivity index (χ0n) is 9.16. The van der Waals surface area contributed by atoms with E-state index in [0.29, 0.717) is 12.3 Å². The number of ether oxygens (including phenoxy) is 1. The number of carbonyl (C=O) groups is 1. The molecule has 0 radical (unpaired) electrons. The van der Waals surface area contributed by atoms with Crippen molar-refractivity contribution in [1.82, 2.24) is 5.32 Å². The maximum Gasteiger partial charge on any atom is 0.258 e. The third-order valence-corrected chi connectivity index (χ3v) is 1.98. The Morgan fingerprint density at radius 1 is 1.35 bits per heavy atom. The Morgan fingerprint density at radius 2 is 2.00 bits per heavy atom. The molecule has 0 aliphatic rings. The minimum absolute atomic E-state index is 0.283. The van der Waals surface area contributed by atoms with E-state index < -0.39 is 18.9 Å². The van der Waals surface area contributed by atoms with Crippen LogP contribution in [0.4, 0.5) is 8.78 Å². The lowest BCUT2D eigenvalue weighted by Crippen LogP contribution is -2.32. The number of alkyl halides is 2. The monoisotopic (exact) mass is 244 g/mol. The van der Waals surface area contributed by atoms with Crippen molar-refractivity contribution in [3.8, 4) is 5.75 Å². The lowest BCUT2D eigenvalue weighted by atomic mass is 10.2. The predicted octanol–water partition coefficient (Wildman–Crippen LogP) is 0.905. The summed E-state index contributed by atoms with van der Waals surface area (Å²) in [6.45, 7) is -0.516. The highest BCUT2D eigenvalue weighted by Gasteiger charge is 2.06. The second-order valence-electron chi connectivity index (χ2n) is 3.33. The van der Waals surface area contributed by atoms with Gasteiger partial charge in [-0.15, -0.1) is 0 Å². The summed E-state index contributed by atoms with van der Waals surface area (Å²) < 4.78 is 28.7. The summed E-state index contributed by atoms with van der Waals surface area (Å²) in [4.78, 5) is 11.1. The molecule has 0 bridgehead atoms. The molecule has 0 aromatic heterocycles. The van der Waals surface area contributed by atoms with E-state index in [2.05, 4.69) is 0 Å². The quantitative estimate of drug-likeness (QED) is 0.781. The van der Waals surface area contributed by atoms with Crippen LogP contribution < -0.4 is 15.8 Å². The number of hydrogen-bond acceptors (Lipinski definition) is 3. The molecule has 0 aliphatic heterocycles. The highest BCUT2D eigenvalue weighted by Crippen LogP contribution is 2.11. The summed E-state index contributed by atoms with van der Waals surface area (Å²) in [6, 6.07) is 6.88. The Balaban J connectivity index is 2.31. The second-order valence-corrected chi connectivity index (χ2v) is 3.33. The van der Waals surface area contributed by atoms with Crippen LogP contribution in [0, 0.1) is 0 Å². The molecule has 0 spiro atoms. The zero-order chi connectivity index (χ0) is 12.7. The number of carbonyl (C=O) groups excluding carboxylic acids is 1. The molecule has 3 N–H and O–H groups in total. The van der Waals surface area contributed by atoms with E-state index in [1.165, 1.54) is 0 Å². The fourth-order valence-electron chi connectivity index (χ4n) is 1.11. The van der Waals surface area contributed by atoms with Gasteiger partial charge >= 0.3 is 0 Å². The van der Waals surface area contributed by atoms with Crippen LogP contribution in [0.1, 0.15) is 5.56 Å². The van der Waals surface area contributed by atoms with Gasteiger partial charge in [-0.25, -0.2) is 8.78 Å². The first-order valence-electron chi connectivity index (χ1n) is 5.08. The van der Waals surface area contributed by atoms with Crippen LogP contribution in [0.15, 0.2) is 24.3 Å². The van der Waals surface area contributed by atoms with Gasteiger partial charge < -0.3 is 15.8 Å². The molecule has 94 valence electrons. The van der Waals surface area contributed by atoms with Gasteiger partial charge in [-0.3, -0.25) is 4.79 Å². The normalized spacial score (nSPS) is 10.4. The number of halogens is 2. The number of nitrogens with two attached hydrogens (primary N) is 1. The first-order valence-corrected chi connectivity index (χ1v) is 5.08. The maximum atomic E-state index is 11.8. The van der Waals surface area contributed by atoms with Gasteiger partial charge in [0.2, 0.25) is 0 Å². The van der Waals surface area contributed by atoms with Crippen molar-refractivity contribution in [3.05, 3.63) is 29.8 Å². The van der Waals surface area contributed by atoms with E-state index in [9.17, 15) is 13.6 Å². The summed E-state index contributed by atoms with van der Waals surface area (Å²) in [5, 5.41) is 2.04. The van der Waals surface area contributed by atoms with Crippen LogP contribution in [0.3, 0.4) is 0 Å². The molecule has 0 fully saturated rings. The summed E-state index contributed by atoms with van der Waals surface area (Å²) >= 11 is 0. The fourth-order valence-corrected chi connectivity index (χ4v) is 1.11. The van der Waals surface area contributed by atoms with E-state index in [4.69, 9.17) is 10.5 Å². The van der Waals surface area contributed by atoms with E-state index in [-0.39, 0.29) is 6.61 Å². The lowest BCUT2D eigenvalue weighted by Gasteiger charge is -2.07. The first kappa shape index (κ1) is 13.4. The number of nitrogens with one attached hydrogen (secondary N) is 1. The van der Waals surface area contributed by atoms with Crippen LogP contribution in [0.2, 0.25) is 0 Å². The van der Waals surface area contributed by atoms with Gasteiger partial charge in [0.25, 0.3) is 12.3 Å². The molecular weight excluding hydrogens is 230 g/mol. The van der Waals surface area contributed by atoms with E-state index in [1.807, 2.05) is 5.32 Å². The van der Waals surface area contributed by atoms with Crippen LogP contribution in [-0.4, -0.2) is 25.5 Å². The maximum absolute atomic E-state index is 11.8. The number of hydrogen-bond donors (Lipinski definition) is 2. The Morgan fingerprint density at radius 3 is 2.53 bits per heavy atom. The third kappa shape index (κ3) is 5.26.